The molecule has 4 nitrogen and oxygen atoms in total. The van der Waals surface area contributed by atoms with Crippen molar-refractivity contribution in [3.63, 3.8) is 0 Å². The molecule has 4 heteroatoms. The summed E-state index contributed by atoms with van der Waals surface area (Å²) in [6.07, 6.45) is 0. The topological polar surface area (TPSA) is 38.8 Å². The van der Waals surface area contributed by atoms with Crippen LogP contribution in [0.5, 0.6) is 5.75 Å². The maximum Gasteiger partial charge on any atom is 0.265 e. The van der Waals surface area contributed by atoms with Gasteiger partial charge in [-0.25, -0.2) is 0 Å². The Morgan fingerprint density at radius 2 is 2.25 bits per heavy atom. The summed E-state index contributed by atoms with van der Waals surface area (Å²) in [7, 11) is 0. The van der Waals surface area contributed by atoms with Crippen LogP contribution < -0.4 is 9.64 Å². The maximum atomic E-state index is 11.7. The molecule has 1 aromatic carbocycles. The normalized spacial score (nSPS) is 14.6. The zero-order valence-corrected chi connectivity index (χ0v) is 9.31. The summed E-state index contributed by atoms with van der Waals surface area (Å²) in [6.45, 7) is 3.85. The molecule has 1 aliphatic rings. The third-order valence-corrected chi connectivity index (χ3v) is 2.47. The van der Waals surface area contributed by atoms with Crippen molar-refractivity contribution < 1.29 is 14.3 Å². The minimum absolute atomic E-state index is 0.0154. The van der Waals surface area contributed by atoms with Crippen LogP contribution in [-0.2, 0) is 9.53 Å². The lowest BCUT2D eigenvalue weighted by molar-refractivity contribution is -0.121. The van der Waals surface area contributed by atoms with Gasteiger partial charge in [0.2, 0.25) is 0 Å². The minimum atomic E-state index is -0.0154. The highest BCUT2D eigenvalue weighted by Gasteiger charge is 2.24. The molecule has 0 aliphatic carbocycles. The van der Waals surface area contributed by atoms with E-state index in [4.69, 9.17) is 9.47 Å². The lowest BCUT2D eigenvalue weighted by Gasteiger charge is -2.29. The molecule has 0 saturated heterocycles. The smallest absolute Gasteiger partial charge is 0.265 e. The first-order valence-electron chi connectivity index (χ1n) is 5.43. The summed E-state index contributed by atoms with van der Waals surface area (Å²) < 4.78 is 10.6. The van der Waals surface area contributed by atoms with E-state index in [-0.39, 0.29) is 12.5 Å². The van der Waals surface area contributed by atoms with Gasteiger partial charge in [0.05, 0.1) is 12.3 Å². The average molecular weight is 221 g/mol. The molecule has 1 amide bonds. The van der Waals surface area contributed by atoms with E-state index in [0.717, 1.165) is 11.4 Å². The number of amides is 1. The van der Waals surface area contributed by atoms with Crippen LogP contribution in [0.1, 0.15) is 6.92 Å². The molecule has 0 spiro atoms. The van der Waals surface area contributed by atoms with E-state index in [0.29, 0.717) is 19.8 Å². The molecule has 0 radical (unpaired) electrons. The molecule has 1 aromatic rings. The van der Waals surface area contributed by atoms with Gasteiger partial charge >= 0.3 is 0 Å². The summed E-state index contributed by atoms with van der Waals surface area (Å²) >= 11 is 0. The summed E-state index contributed by atoms with van der Waals surface area (Å²) in [5.41, 5.74) is 0.832. The second kappa shape index (κ2) is 4.99. The van der Waals surface area contributed by atoms with Gasteiger partial charge in [0, 0.05) is 13.2 Å². The average Bonchev–Trinajstić information content (AvgIpc) is 2.32. The van der Waals surface area contributed by atoms with Crippen LogP contribution in [0.25, 0.3) is 0 Å². The standard InChI is InChI=1S/C12H15NO3/c1-2-15-8-7-13-10-5-3-4-6-11(10)16-9-12(13)14/h3-6H,2,7-9H2,1H3. The van der Waals surface area contributed by atoms with E-state index >= 15 is 0 Å². The van der Waals surface area contributed by atoms with Crippen LogP contribution in [0, 0.1) is 0 Å². The van der Waals surface area contributed by atoms with Crippen molar-refractivity contribution in [1.82, 2.24) is 0 Å². The van der Waals surface area contributed by atoms with Crippen molar-refractivity contribution in [2.75, 3.05) is 31.3 Å². The lowest BCUT2D eigenvalue weighted by atomic mass is 10.2. The van der Waals surface area contributed by atoms with Gasteiger partial charge in [-0.3, -0.25) is 4.79 Å². The van der Waals surface area contributed by atoms with Gasteiger partial charge in [-0.15, -0.1) is 0 Å². The highest BCUT2D eigenvalue weighted by molar-refractivity contribution is 5.97. The van der Waals surface area contributed by atoms with Crippen molar-refractivity contribution in [2.45, 2.75) is 6.92 Å². The molecule has 0 bridgehead atoms. The number of benzene rings is 1. The Morgan fingerprint density at radius 3 is 3.06 bits per heavy atom. The highest BCUT2D eigenvalue weighted by Crippen LogP contribution is 2.30. The number of hydrogen-bond donors (Lipinski definition) is 0. The van der Waals surface area contributed by atoms with E-state index in [1.165, 1.54) is 0 Å². The molecule has 0 fully saturated rings. The van der Waals surface area contributed by atoms with Crippen molar-refractivity contribution in [3.05, 3.63) is 24.3 Å². The van der Waals surface area contributed by atoms with Gasteiger partial charge in [0.1, 0.15) is 5.75 Å². The summed E-state index contributed by atoms with van der Waals surface area (Å²) in [6, 6.07) is 7.55. The second-order valence-corrected chi connectivity index (χ2v) is 3.50. The first kappa shape index (κ1) is 11.0. The molecule has 0 aromatic heterocycles. The molecule has 1 heterocycles. The van der Waals surface area contributed by atoms with Crippen LogP contribution >= 0.6 is 0 Å². The van der Waals surface area contributed by atoms with E-state index in [1.54, 1.807) is 4.90 Å². The van der Waals surface area contributed by atoms with Gasteiger partial charge in [-0.2, -0.15) is 0 Å². The molecule has 0 atom stereocenters. The molecule has 0 unspecified atom stereocenters. The van der Waals surface area contributed by atoms with E-state index in [2.05, 4.69) is 0 Å². The summed E-state index contributed by atoms with van der Waals surface area (Å²) in [4.78, 5) is 13.4. The molecule has 0 N–H and O–H groups in total. The Morgan fingerprint density at radius 1 is 1.44 bits per heavy atom. The quantitative estimate of drug-likeness (QED) is 0.722. The lowest BCUT2D eigenvalue weighted by Crippen LogP contribution is -2.40. The van der Waals surface area contributed by atoms with Crippen LogP contribution in [0.4, 0.5) is 5.69 Å². The van der Waals surface area contributed by atoms with Crippen molar-refractivity contribution >= 4 is 11.6 Å². The van der Waals surface area contributed by atoms with Gasteiger partial charge < -0.3 is 14.4 Å². The van der Waals surface area contributed by atoms with E-state index in [9.17, 15) is 4.79 Å². The number of carbonyl (C=O) groups is 1. The SMILES string of the molecule is CCOCCN1C(=O)COc2ccccc21. The Balaban J connectivity index is 2.13. The predicted molar refractivity (Wildman–Crippen MR) is 60.8 cm³/mol. The number of anilines is 1. The Bertz CT molecular complexity index is 378. The largest absolute Gasteiger partial charge is 0.482 e. The fourth-order valence-corrected chi connectivity index (χ4v) is 1.70. The number of rotatable bonds is 4. The summed E-state index contributed by atoms with van der Waals surface area (Å²) in [5, 5.41) is 0. The maximum absolute atomic E-state index is 11.7. The van der Waals surface area contributed by atoms with Gasteiger partial charge in [0.15, 0.2) is 6.61 Å². The number of para-hydroxylation sites is 2. The van der Waals surface area contributed by atoms with Gasteiger partial charge in [-0.05, 0) is 19.1 Å². The zero-order chi connectivity index (χ0) is 11.4. The molecule has 0 saturated carbocycles. The molecule has 1 aliphatic heterocycles. The molecule has 2 rings (SSSR count). The van der Waals surface area contributed by atoms with Crippen molar-refractivity contribution in [2.24, 2.45) is 0 Å². The van der Waals surface area contributed by atoms with Crippen molar-refractivity contribution in [3.8, 4) is 5.75 Å². The van der Waals surface area contributed by atoms with Crippen LogP contribution in [0.15, 0.2) is 24.3 Å². The van der Waals surface area contributed by atoms with E-state index in [1.807, 2.05) is 31.2 Å². The first-order chi connectivity index (χ1) is 7.83. The van der Waals surface area contributed by atoms with E-state index < -0.39 is 0 Å². The molecular formula is C12H15NO3. The molecular weight excluding hydrogens is 206 g/mol. The fraction of sp³-hybridized carbons (Fsp3) is 0.417. The van der Waals surface area contributed by atoms with Gasteiger partial charge in [0.25, 0.3) is 5.91 Å². The van der Waals surface area contributed by atoms with Crippen LogP contribution in [0.3, 0.4) is 0 Å². The first-order valence-corrected chi connectivity index (χ1v) is 5.43. The Labute approximate surface area is 94.8 Å². The van der Waals surface area contributed by atoms with Crippen LogP contribution in [-0.4, -0.2) is 32.3 Å². The van der Waals surface area contributed by atoms with Crippen LogP contribution in [0.2, 0.25) is 0 Å². The Kier molecular flexibility index (Phi) is 3.41. The molecule has 86 valence electrons. The third kappa shape index (κ3) is 2.17. The summed E-state index contributed by atoms with van der Waals surface area (Å²) in [5.74, 6) is 0.747. The molecule has 16 heavy (non-hydrogen) atoms. The number of carbonyl (C=O) groups excluding carboxylic acids is 1. The monoisotopic (exact) mass is 221 g/mol. The zero-order valence-electron chi connectivity index (χ0n) is 9.31. The fourth-order valence-electron chi connectivity index (χ4n) is 1.70. The number of ether oxygens (including phenoxy) is 2. The minimum Gasteiger partial charge on any atom is -0.482 e. The van der Waals surface area contributed by atoms with Gasteiger partial charge in [-0.1, -0.05) is 12.1 Å². The Hall–Kier alpha value is -1.55. The third-order valence-electron chi connectivity index (χ3n) is 2.47. The second-order valence-electron chi connectivity index (χ2n) is 3.50. The predicted octanol–water partition coefficient (Wildman–Crippen LogP) is 1.45. The number of hydrogen-bond acceptors (Lipinski definition) is 3. The van der Waals surface area contributed by atoms with Crippen molar-refractivity contribution in [1.29, 1.82) is 0 Å². The number of fused-ring (bicyclic) bond motifs is 1. The number of nitrogens with zero attached hydrogens (tertiary/aromatic N) is 1. The highest BCUT2D eigenvalue weighted by atomic mass is 16.5.